The Morgan fingerprint density at radius 1 is 1.19 bits per heavy atom. The van der Waals surface area contributed by atoms with E-state index < -0.39 is 14.8 Å². The van der Waals surface area contributed by atoms with E-state index in [9.17, 15) is 18.5 Å². The molecule has 0 spiro atoms. The fraction of sp³-hybridized carbons (Fsp3) is 0.368. The summed E-state index contributed by atoms with van der Waals surface area (Å²) in [5.74, 6) is -0.0420. The maximum atomic E-state index is 13.1. The van der Waals surface area contributed by atoms with Gasteiger partial charge in [-0.05, 0) is 29.2 Å². The van der Waals surface area contributed by atoms with Gasteiger partial charge in [0.25, 0.3) is 5.69 Å². The van der Waals surface area contributed by atoms with Gasteiger partial charge < -0.3 is 9.47 Å². The minimum Gasteiger partial charge on any atom is -0.489 e. The van der Waals surface area contributed by atoms with E-state index in [1.54, 1.807) is 24.3 Å². The molecule has 0 radical (unpaired) electrons. The van der Waals surface area contributed by atoms with Gasteiger partial charge in [-0.25, -0.2) is 8.42 Å². The molecule has 1 aliphatic rings. The summed E-state index contributed by atoms with van der Waals surface area (Å²) in [4.78, 5) is 10.5. The maximum absolute atomic E-state index is 13.1. The molecule has 27 heavy (non-hydrogen) atoms. The molecule has 8 heteroatoms. The van der Waals surface area contributed by atoms with Crippen LogP contribution in [0.3, 0.4) is 0 Å². The van der Waals surface area contributed by atoms with Gasteiger partial charge in [0.15, 0.2) is 0 Å². The first kappa shape index (κ1) is 19.3. The first-order chi connectivity index (χ1) is 12.6. The summed E-state index contributed by atoms with van der Waals surface area (Å²) in [5.41, 5.74) is 0.671. The summed E-state index contributed by atoms with van der Waals surface area (Å²) < 4.78 is 36.7. The van der Waals surface area contributed by atoms with Crippen LogP contribution in [-0.4, -0.2) is 32.7 Å². The SMILES string of the molecule is CC(C)(C)c1ccc(S(=O)(=O)c2ccc([N+](=O)[O-])cc2OCC2CO2)cc1. The zero-order valence-corrected chi connectivity index (χ0v) is 16.2. The van der Waals surface area contributed by atoms with Gasteiger partial charge in [-0.15, -0.1) is 0 Å². The highest BCUT2D eigenvalue weighted by atomic mass is 32.2. The highest BCUT2D eigenvalue weighted by Crippen LogP contribution is 2.34. The number of hydrogen-bond donors (Lipinski definition) is 0. The van der Waals surface area contributed by atoms with Crippen molar-refractivity contribution in [3.63, 3.8) is 0 Å². The molecule has 2 aromatic rings. The molecule has 0 bridgehead atoms. The number of benzene rings is 2. The third-order valence-electron chi connectivity index (χ3n) is 4.29. The van der Waals surface area contributed by atoms with Crippen molar-refractivity contribution in [2.24, 2.45) is 0 Å². The maximum Gasteiger partial charge on any atom is 0.273 e. The molecule has 1 saturated heterocycles. The molecule has 0 saturated carbocycles. The Labute approximate surface area is 158 Å². The molecule has 1 fully saturated rings. The normalized spacial score (nSPS) is 16.8. The van der Waals surface area contributed by atoms with Crippen LogP contribution in [0.1, 0.15) is 26.3 Å². The van der Waals surface area contributed by atoms with Gasteiger partial charge in [0.05, 0.1) is 22.5 Å². The lowest BCUT2D eigenvalue weighted by Crippen LogP contribution is -2.12. The molecule has 1 atom stereocenters. The monoisotopic (exact) mass is 391 g/mol. The summed E-state index contributed by atoms with van der Waals surface area (Å²) in [6, 6.07) is 10.2. The predicted molar refractivity (Wildman–Crippen MR) is 98.9 cm³/mol. The lowest BCUT2D eigenvalue weighted by molar-refractivity contribution is -0.385. The molecule has 0 N–H and O–H groups in total. The first-order valence-electron chi connectivity index (χ1n) is 8.47. The molecule has 1 aliphatic heterocycles. The number of rotatable bonds is 6. The molecule has 1 heterocycles. The minimum atomic E-state index is -3.89. The van der Waals surface area contributed by atoms with E-state index >= 15 is 0 Å². The molecule has 0 amide bonds. The predicted octanol–water partition coefficient (Wildman–Crippen LogP) is 3.50. The molecule has 3 rings (SSSR count). The van der Waals surface area contributed by atoms with E-state index in [0.29, 0.717) is 6.61 Å². The highest BCUT2D eigenvalue weighted by molar-refractivity contribution is 7.91. The number of nitro groups is 1. The lowest BCUT2D eigenvalue weighted by Gasteiger charge is -2.19. The van der Waals surface area contributed by atoms with Crippen molar-refractivity contribution in [2.45, 2.75) is 42.1 Å². The fourth-order valence-electron chi connectivity index (χ4n) is 2.55. The molecular formula is C19H21NO6S. The second kappa shape index (κ2) is 6.94. The van der Waals surface area contributed by atoms with Crippen molar-refractivity contribution >= 4 is 15.5 Å². The number of sulfone groups is 1. The van der Waals surface area contributed by atoms with Gasteiger partial charge in [-0.2, -0.15) is 0 Å². The number of non-ortho nitro benzene ring substituents is 1. The number of ether oxygens (including phenoxy) is 2. The third-order valence-corrected chi connectivity index (χ3v) is 6.09. The van der Waals surface area contributed by atoms with Gasteiger partial charge in [0.1, 0.15) is 23.4 Å². The van der Waals surface area contributed by atoms with Crippen LogP contribution in [0.5, 0.6) is 5.75 Å². The molecule has 144 valence electrons. The van der Waals surface area contributed by atoms with Crippen LogP contribution in [0.25, 0.3) is 0 Å². The molecule has 0 aliphatic carbocycles. The van der Waals surface area contributed by atoms with E-state index in [1.165, 1.54) is 6.07 Å². The topological polar surface area (TPSA) is 99.0 Å². The Kier molecular flexibility index (Phi) is 4.96. The summed E-state index contributed by atoms with van der Waals surface area (Å²) in [5, 5.41) is 11.0. The summed E-state index contributed by atoms with van der Waals surface area (Å²) in [6.45, 7) is 6.80. The Morgan fingerprint density at radius 2 is 1.81 bits per heavy atom. The Balaban J connectivity index is 2.00. The zero-order chi connectivity index (χ0) is 19.8. The molecule has 0 aromatic heterocycles. The molecule has 2 aromatic carbocycles. The van der Waals surface area contributed by atoms with Crippen molar-refractivity contribution in [1.82, 2.24) is 0 Å². The smallest absolute Gasteiger partial charge is 0.273 e. The van der Waals surface area contributed by atoms with Crippen LogP contribution < -0.4 is 4.74 Å². The number of epoxide rings is 1. The largest absolute Gasteiger partial charge is 0.489 e. The summed E-state index contributed by atoms with van der Waals surface area (Å²) in [7, 11) is -3.89. The van der Waals surface area contributed by atoms with Gasteiger partial charge in [0, 0.05) is 6.07 Å². The second-order valence-electron chi connectivity index (χ2n) is 7.43. The van der Waals surface area contributed by atoms with Crippen LogP contribution in [0.4, 0.5) is 5.69 Å². The Morgan fingerprint density at radius 3 is 2.33 bits per heavy atom. The molecular weight excluding hydrogens is 370 g/mol. The average molecular weight is 391 g/mol. The Bertz CT molecular complexity index is 957. The van der Waals surface area contributed by atoms with E-state index in [-0.39, 0.29) is 39.4 Å². The molecule has 1 unspecified atom stereocenters. The van der Waals surface area contributed by atoms with Crippen LogP contribution >= 0.6 is 0 Å². The standard InChI is InChI=1S/C19H21NO6S/c1-19(2,3)13-4-7-16(8-5-13)27(23,24)18-9-6-14(20(21)22)10-17(18)26-12-15-11-25-15/h4-10,15H,11-12H2,1-3H3. The van der Waals surface area contributed by atoms with Crippen LogP contribution in [-0.2, 0) is 20.0 Å². The van der Waals surface area contributed by atoms with Gasteiger partial charge in [-0.3, -0.25) is 10.1 Å². The first-order valence-corrected chi connectivity index (χ1v) is 9.96. The van der Waals surface area contributed by atoms with Crippen molar-refractivity contribution in [1.29, 1.82) is 0 Å². The third kappa shape index (κ3) is 4.28. The van der Waals surface area contributed by atoms with Gasteiger partial charge in [-0.1, -0.05) is 32.9 Å². The van der Waals surface area contributed by atoms with Gasteiger partial charge >= 0.3 is 0 Å². The zero-order valence-electron chi connectivity index (χ0n) is 15.3. The highest BCUT2D eigenvalue weighted by Gasteiger charge is 2.28. The quantitative estimate of drug-likeness (QED) is 0.424. The second-order valence-corrected chi connectivity index (χ2v) is 9.35. The summed E-state index contributed by atoms with van der Waals surface area (Å²) >= 11 is 0. The van der Waals surface area contributed by atoms with Crippen molar-refractivity contribution < 1.29 is 22.8 Å². The average Bonchev–Trinajstić information content (AvgIpc) is 3.43. The number of nitrogens with zero attached hydrogens (tertiary/aromatic N) is 1. The van der Waals surface area contributed by atoms with E-state index in [2.05, 4.69) is 0 Å². The minimum absolute atomic E-state index is 0.0420. The van der Waals surface area contributed by atoms with E-state index in [0.717, 1.165) is 17.7 Å². The van der Waals surface area contributed by atoms with Crippen LogP contribution in [0, 0.1) is 10.1 Å². The van der Waals surface area contributed by atoms with Crippen LogP contribution in [0.2, 0.25) is 0 Å². The van der Waals surface area contributed by atoms with Crippen molar-refractivity contribution in [2.75, 3.05) is 13.2 Å². The Hall–Kier alpha value is -2.45. The number of nitro benzene ring substituents is 1. The number of hydrogen-bond acceptors (Lipinski definition) is 6. The van der Waals surface area contributed by atoms with Gasteiger partial charge in [0.2, 0.25) is 9.84 Å². The summed E-state index contributed by atoms with van der Waals surface area (Å²) in [6.07, 6.45) is -0.106. The van der Waals surface area contributed by atoms with Crippen LogP contribution in [0.15, 0.2) is 52.3 Å². The van der Waals surface area contributed by atoms with Crippen molar-refractivity contribution in [3.05, 3.63) is 58.1 Å². The van der Waals surface area contributed by atoms with E-state index in [4.69, 9.17) is 9.47 Å². The molecule has 7 nitrogen and oxygen atoms in total. The fourth-order valence-corrected chi connectivity index (χ4v) is 3.93. The van der Waals surface area contributed by atoms with E-state index in [1.807, 2.05) is 20.8 Å². The van der Waals surface area contributed by atoms with Crippen molar-refractivity contribution in [3.8, 4) is 5.75 Å². The lowest BCUT2D eigenvalue weighted by atomic mass is 9.87.